The average Bonchev–Trinajstić information content (AvgIpc) is 3.33. The van der Waals surface area contributed by atoms with Gasteiger partial charge in [-0.2, -0.15) is 0 Å². The summed E-state index contributed by atoms with van der Waals surface area (Å²) in [4.78, 5) is 14.4. The molecule has 1 amide bonds. The second kappa shape index (κ2) is 7.48. The number of carbonyl (C=O) groups excluding carboxylic acids is 1. The van der Waals surface area contributed by atoms with Crippen LogP contribution in [0.1, 0.15) is 34.0 Å². The Bertz CT molecular complexity index is 974. The van der Waals surface area contributed by atoms with E-state index in [1.807, 2.05) is 30.3 Å². The summed E-state index contributed by atoms with van der Waals surface area (Å²) in [5.74, 6) is -0.393. The van der Waals surface area contributed by atoms with Crippen molar-refractivity contribution in [2.24, 2.45) is 0 Å². The number of nitrogens with zero attached hydrogens (tertiary/aromatic N) is 4. The molecule has 1 aliphatic heterocycles. The zero-order valence-electron chi connectivity index (χ0n) is 14.6. The molecule has 0 bridgehead atoms. The molecule has 3 aromatic rings. The minimum absolute atomic E-state index is 0.00770. The average molecular weight is 385 g/mol. The molecule has 2 heterocycles. The van der Waals surface area contributed by atoms with Crippen LogP contribution in [-0.2, 0) is 6.54 Å². The van der Waals surface area contributed by atoms with Crippen molar-refractivity contribution in [3.05, 3.63) is 82.4 Å². The highest BCUT2D eigenvalue weighted by atomic mass is 35.5. The summed E-state index contributed by atoms with van der Waals surface area (Å²) in [6, 6.07) is 14.2. The number of hydrogen-bond acceptors (Lipinski definition) is 3. The fourth-order valence-electron chi connectivity index (χ4n) is 3.44. The number of benzene rings is 2. The predicted molar refractivity (Wildman–Crippen MR) is 100 cm³/mol. The van der Waals surface area contributed by atoms with E-state index in [2.05, 4.69) is 10.3 Å². The highest BCUT2D eigenvalue weighted by Crippen LogP contribution is 2.29. The van der Waals surface area contributed by atoms with Crippen molar-refractivity contribution >= 4 is 17.5 Å². The first-order chi connectivity index (χ1) is 13.1. The van der Waals surface area contributed by atoms with Gasteiger partial charge < -0.3 is 4.90 Å². The fourth-order valence-corrected chi connectivity index (χ4v) is 3.64. The van der Waals surface area contributed by atoms with E-state index in [4.69, 9.17) is 11.6 Å². The summed E-state index contributed by atoms with van der Waals surface area (Å²) < 4.78 is 15.6. The zero-order valence-corrected chi connectivity index (χ0v) is 15.3. The maximum absolute atomic E-state index is 14.0. The van der Waals surface area contributed by atoms with Gasteiger partial charge in [0.15, 0.2) is 5.69 Å². The van der Waals surface area contributed by atoms with E-state index in [0.29, 0.717) is 30.2 Å². The fraction of sp³-hybridized carbons (Fsp3) is 0.250. The van der Waals surface area contributed by atoms with Crippen LogP contribution in [0.3, 0.4) is 0 Å². The Morgan fingerprint density at radius 3 is 2.78 bits per heavy atom. The van der Waals surface area contributed by atoms with Gasteiger partial charge in [-0.1, -0.05) is 53.2 Å². The third kappa shape index (κ3) is 3.71. The van der Waals surface area contributed by atoms with Gasteiger partial charge in [0.2, 0.25) is 0 Å². The molecule has 7 heteroatoms. The van der Waals surface area contributed by atoms with Crippen molar-refractivity contribution in [2.45, 2.75) is 18.9 Å². The van der Waals surface area contributed by atoms with Crippen LogP contribution in [0.2, 0.25) is 5.02 Å². The number of halogens is 2. The molecule has 1 saturated heterocycles. The molecular weight excluding hydrogens is 367 g/mol. The molecule has 27 heavy (non-hydrogen) atoms. The van der Waals surface area contributed by atoms with Crippen LogP contribution < -0.4 is 0 Å². The summed E-state index contributed by atoms with van der Waals surface area (Å²) in [6.07, 6.45) is 2.36. The van der Waals surface area contributed by atoms with Crippen molar-refractivity contribution in [3.63, 3.8) is 0 Å². The van der Waals surface area contributed by atoms with Crippen molar-refractivity contribution in [1.29, 1.82) is 0 Å². The van der Waals surface area contributed by atoms with Gasteiger partial charge in [0, 0.05) is 24.0 Å². The molecule has 1 aliphatic rings. The van der Waals surface area contributed by atoms with E-state index >= 15 is 0 Å². The van der Waals surface area contributed by atoms with Crippen LogP contribution in [-0.4, -0.2) is 38.9 Å². The first kappa shape index (κ1) is 17.7. The van der Waals surface area contributed by atoms with E-state index in [-0.39, 0.29) is 23.3 Å². The van der Waals surface area contributed by atoms with Gasteiger partial charge in [-0.05, 0) is 29.7 Å². The topological polar surface area (TPSA) is 51.0 Å². The monoisotopic (exact) mass is 384 g/mol. The normalized spacial score (nSPS) is 16.7. The number of aromatic nitrogens is 3. The number of rotatable bonds is 4. The lowest BCUT2D eigenvalue weighted by atomic mass is 9.98. The standard InChI is InChI=1S/C20H18ClFN4O/c21-17-7-3-1-5-15(17)12-26-13-19(23-24-26)20(27)25-10-9-14(11-25)16-6-2-4-8-18(16)22/h1-8,13-14H,9-12H2/t14-/m0/s1. The van der Waals surface area contributed by atoms with E-state index in [0.717, 1.165) is 12.0 Å². The first-order valence-electron chi connectivity index (χ1n) is 8.79. The number of amides is 1. The number of likely N-dealkylation sites (tertiary alicyclic amines) is 1. The van der Waals surface area contributed by atoms with E-state index in [1.165, 1.54) is 6.07 Å². The Morgan fingerprint density at radius 2 is 1.96 bits per heavy atom. The number of hydrogen-bond donors (Lipinski definition) is 0. The van der Waals surface area contributed by atoms with Gasteiger partial charge in [-0.15, -0.1) is 5.10 Å². The molecule has 1 atom stereocenters. The molecule has 5 nitrogen and oxygen atoms in total. The molecule has 4 rings (SSSR count). The third-order valence-electron chi connectivity index (χ3n) is 4.87. The van der Waals surface area contributed by atoms with E-state index < -0.39 is 0 Å². The molecule has 0 radical (unpaired) electrons. The third-order valence-corrected chi connectivity index (χ3v) is 5.24. The lowest BCUT2D eigenvalue weighted by Crippen LogP contribution is -2.28. The largest absolute Gasteiger partial charge is 0.337 e. The molecular formula is C20H18ClFN4O. The van der Waals surface area contributed by atoms with E-state index in [9.17, 15) is 9.18 Å². The Kier molecular flexibility index (Phi) is 4.90. The lowest BCUT2D eigenvalue weighted by molar-refractivity contribution is 0.0784. The van der Waals surface area contributed by atoms with Crippen LogP contribution in [0.5, 0.6) is 0 Å². The van der Waals surface area contributed by atoms with Crippen molar-refractivity contribution in [3.8, 4) is 0 Å². The quantitative estimate of drug-likeness (QED) is 0.688. The molecule has 0 unspecified atom stereocenters. The molecule has 1 fully saturated rings. The highest BCUT2D eigenvalue weighted by Gasteiger charge is 2.30. The summed E-state index contributed by atoms with van der Waals surface area (Å²) in [6.45, 7) is 1.50. The van der Waals surface area contributed by atoms with Gasteiger partial charge in [-0.3, -0.25) is 4.79 Å². The predicted octanol–water partition coefficient (Wildman–Crippen LogP) is 3.75. The molecule has 138 valence electrons. The van der Waals surface area contributed by atoms with E-state index in [1.54, 1.807) is 27.9 Å². The second-order valence-electron chi connectivity index (χ2n) is 6.65. The van der Waals surface area contributed by atoms with Gasteiger partial charge in [0.1, 0.15) is 5.82 Å². The minimum atomic E-state index is -0.220. The molecule has 2 aromatic carbocycles. The molecule has 0 aliphatic carbocycles. The summed E-state index contributed by atoms with van der Waals surface area (Å²) >= 11 is 6.17. The zero-order chi connectivity index (χ0) is 18.8. The van der Waals surface area contributed by atoms with Crippen LogP contribution in [0.25, 0.3) is 0 Å². The smallest absolute Gasteiger partial charge is 0.276 e. The van der Waals surface area contributed by atoms with Gasteiger partial charge >= 0.3 is 0 Å². The Balaban J connectivity index is 1.44. The molecule has 0 N–H and O–H groups in total. The maximum atomic E-state index is 14.0. The van der Waals surface area contributed by atoms with Crippen molar-refractivity contribution in [2.75, 3.05) is 13.1 Å². The van der Waals surface area contributed by atoms with Crippen LogP contribution in [0.15, 0.2) is 54.7 Å². The summed E-state index contributed by atoms with van der Waals surface area (Å²) in [5.41, 5.74) is 1.86. The van der Waals surface area contributed by atoms with Crippen LogP contribution in [0.4, 0.5) is 4.39 Å². The Hall–Kier alpha value is -2.73. The van der Waals surface area contributed by atoms with Crippen LogP contribution in [0, 0.1) is 5.82 Å². The first-order valence-corrected chi connectivity index (χ1v) is 9.17. The maximum Gasteiger partial charge on any atom is 0.276 e. The molecule has 0 saturated carbocycles. The van der Waals surface area contributed by atoms with Crippen molar-refractivity contribution in [1.82, 2.24) is 19.9 Å². The number of carbonyl (C=O) groups is 1. The second-order valence-corrected chi connectivity index (χ2v) is 7.06. The summed E-state index contributed by atoms with van der Waals surface area (Å²) in [7, 11) is 0. The minimum Gasteiger partial charge on any atom is -0.337 e. The Labute approximate surface area is 161 Å². The molecule has 0 spiro atoms. The summed E-state index contributed by atoms with van der Waals surface area (Å²) in [5, 5.41) is 8.69. The Morgan fingerprint density at radius 1 is 1.19 bits per heavy atom. The van der Waals surface area contributed by atoms with Gasteiger partial charge in [0.25, 0.3) is 5.91 Å². The molecule has 1 aromatic heterocycles. The van der Waals surface area contributed by atoms with Gasteiger partial charge in [-0.25, -0.2) is 9.07 Å². The SMILES string of the molecule is O=C(c1cn(Cc2ccccc2Cl)nn1)N1CC[C@H](c2ccccc2F)C1. The van der Waals surface area contributed by atoms with Crippen molar-refractivity contribution < 1.29 is 9.18 Å². The highest BCUT2D eigenvalue weighted by molar-refractivity contribution is 6.31. The van der Waals surface area contributed by atoms with Gasteiger partial charge in [0.05, 0.1) is 12.7 Å². The lowest BCUT2D eigenvalue weighted by Gasteiger charge is -2.15. The van der Waals surface area contributed by atoms with Crippen LogP contribution >= 0.6 is 11.6 Å².